The third-order valence-electron chi connectivity index (χ3n) is 4.41. The zero-order valence-corrected chi connectivity index (χ0v) is 17.2. The van der Waals surface area contributed by atoms with E-state index in [1.54, 1.807) is 6.07 Å². The fourth-order valence-corrected chi connectivity index (χ4v) is 5.28. The van der Waals surface area contributed by atoms with Crippen LogP contribution in [-0.2, 0) is 27.4 Å². The highest BCUT2D eigenvalue weighted by atomic mass is 79.9. The number of halogens is 4. The molecule has 0 saturated carbocycles. The molecule has 28 heavy (non-hydrogen) atoms. The summed E-state index contributed by atoms with van der Waals surface area (Å²) in [5.41, 5.74) is 0.102. The number of benzene rings is 2. The van der Waals surface area contributed by atoms with Gasteiger partial charge >= 0.3 is 6.18 Å². The van der Waals surface area contributed by atoms with E-state index in [1.165, 1.54) is 17.9 Å². The van der Waals surface area contributed by atoms with E-state index in [9.17, 15) is 26.4 Å². The van der Waals surface area contributed by atoms with Crippen LogP contribution in [0.3, 0.4) is 0 Å². The average molecular weight is 477 g/mol. The minimum absolute atomic E-state index is 0.0119. The molecule has 1 N–H and O–H groups in total. The topological polar surface area (TPSA) is 66.5 Å². The standard InChI is InChI=1S/C18H16BrF3N2O3S/c1-10-7-12-8-14(19)9-16(17(12)24(10)11(2)25)28(26,27)23-15-5-3-13(4-6-15)18(20,21)22/h3-6,8-10,23H,7H2,1-2H3. The number of rotatable bonds is 3. The van der Waals surface area contributed by atoms with Gasteiger partial charge in [0.1, 0.15) is 4.90 Å². The molecule has 1 heterocycles. The smallest absolute Gasteiger partial charge is 0.308 e. The molecule has 1 aliphatic rings. The molecule has 3 rings (SSSR count). The van der Waals surface area contributed by atoms with Crippen LogP contribution in [0.5, 0.6) is 0 Å². The second-order valence-electron chi connectivity index (χ2n) is 6.53. The van der Waals surface area contributed by atoms with Crippen molar-refractivity contribution in [1.29, 1.82) is 0 Å². The number of amides is 1. The van der Waals surface area contributed by atoms with E-state index in [0.717, 1.165) is 24.3 Å². The Bertz CT molecular complexity index is 1040. The van der Waals surface area contributed by atoms with E-state index in [-0.39, 0.29) is 22.5 Å². The number of hydrogen-bond donors (Lipinski definition) is 1. The third-order valence-corrected chi connectivity index (χ3v) is 6.26. The summed E-state index contributed by atoms with van der Waals surface area (Å²) in [6.45, 7) is 3.17. The molecule has 0 spiro atoms. The molecule has 0 bridgehead atoms. The van der Waals surface area contributed by atoms with Crippen molar-refractivity contribution in [2.45, 2.75) is 37.4 Å². The molecule has 0 radical (unpaired) electrons. The Morgan fingerprint density at radius 3 is 2.36 bits per heavy atom. The first-order valence-corrected chi connectivity index (χ1v) is 10.5. The molecule has 5 nitrogen and oxygen atoms in total. The molecule has 0 aromatic heterocycles. The van der Waals surface area contributed by atoms with Crippen LogP contribution in [0.15, 0.2) is 45.8 Å². The number of carbonyl (C=O) groups excluding carboxylic acids is 1. The molecule has 1 unspecified atom stereocenters. The van der Waals surface area contributed by atoms with Crippen molar-refractivity contribution in [2.24, 2.45) is 0 Å². The predicted molar refractivity (Wildman–Crippen MR) is 103 cm³/mol. The summed E-state index contributed by atoms with van der Waals surface area (Å²) >= 11 is 3.28. The first-order chi connectivity index (χ1) is 12.9. The predicted octanol–water partition coefficient (Wildman–Crippen LogP) is 4.57. The van der Waals surface area contributed by atoms with Crippen molar-refractivity contribution < 1.29 is 26.4 Å². The van der Waals surface area contributed by atoms with E-state index in [0.29, 0.717) is 22.1 Å². The zero-order valence-electron chi connectivity index (χ0n) is 14.8. The number of nitrogens with zero attached hydrogens (tertiary/aromatic N) is 1. The fraction of sp³-hybridized carbons (Fsp3) is 0.278. The van der Waals surface area contributed by atoms with Gasteiger partial charge in [0.15, 0.2) is 0 Å². The van der Waals surface area contributed by atoms with E-state index < -0.39 is 21.8 Å². The second-order valence-corrected chi connectivity index (χ2v) is 9.10. The number of sulfonamides is 1. The number of fused-ring (bicyclic) bond motifs is 1. The highest BCUT2D eigenvalue weighted by Gasteiger charge is 2.36. The van der Waals surface area contributed by atoms with Gasteiger partial charge in [-0.15, -0.1) is 0 Å². The van der Waals surface area contributed by atoms with Crippen LogP contribution in [0, 0.1) is 0 Å². The van der Waals surface area contributed by atoms with Gasteiger partial charge in [0.05, 0.1) is 11.3 Å². The van der Waals surface area contributed by atoms with Gasteiger partial charge in [-0.05, 0) is 55.3 Å². The normalized spacial score (nSPS) is 16.8. The zero-order chi connectivity index (χ0) is 20.9. The molecule has 0 aliphatic carbocycles. The largest absolute Gasteiger partial charge is 0.416 e. The number of hydrogen-bond acceptors (Lipinski definition) is 3. The molecule has 1 atom stereocenters. The van der Waals surface area contributed by atoms with Crippen LogP contribution in [0.1, 0.15) is 25.0 Å². The summed E-state index contributed by atoms with van der Waals surface area (Å²) in [6, 6.07) is 6.61. The monoisotopic (exact) mass is 476 g/mol. The van der Waals surface area contributed by atoms with Crippen molar-refractivity contribution >= 4 is 43.2 Å². The van der Waals surface area contributed by atoms with Gasteiger partial charge in [-0.3, -0.25) is 9.52 Å². The number of alkyl halides is 3. The molecule has 1 aliphatic heterocycles. The van der Waals surface area contributed by atoms with Gasteiger partial charge in [-0.1, -0.05) is 15.9 Å². The SMILES string of the molecule is CC(=O)N1c2c(cc(Br)cc2S(=O)(=O)Nc2ccc(C(F)(F)F)cc2)CC1C. The number of nitrogens with one attached hydrogen (secondary N) is 1. The Balaban J connectivity index is 2.03. The molecular weight excluding hydrogens is 461 g/mol. The number of carbonyl (C=O) groups is 1. The van der Waals surface area contributed by atoms with Gasteiger partial charge in [0.2, 0.25) is 5.91 Å². The average Bonchev–Trinajstić information content (AvgIpc) is 2.88. The quantitative estimate of drug-likeness (QED) is 0.705. The van der Waals surface area contributed by atoms with Gasteiger partial charge < -0.3 is 4.90 Å². The Kier molecular flexibility index (Phi) is 5.22. The van der Waals surface area contributed by atoms with Crippen LogP contribution in [0.2, 0.25) is 0 Å². The number of anilines is 2. The Morgan fingerprint density at radius 2 is 1.82 bits per heavy atom. The summed E-state index contributed by atoms with van der Waals surface area (Å²) in [7, 11) is -4.15. The Morgan fingerprint density at radius 1 is 1.21 bits per heavy atom. The minimum atomic E-state index is -4.51. The maximum atomic E-state index is 13.0. The maximum absolute atomic E-state index is 13.0. The molecule has 150 valence electrons. The summed E-state index contributed by atoms with van der Waals surface area (Å²) in [4.78, 5) is 13.4. The van der Waals surface area contributed by atoms with E-state index in [4.69, 9.17) is 0 Å². The van der Waals surface area contributed by atoms with Crippen LogP contribution >= 0.6 is 15.9 Å². The van der Waals surface area contributed by atoms with Gasteiger partial charge in [0, 0.05) is 23.1 Å². The van der Waals surface area contributed by atoms with Gasteiger partial charge in [-0.2, -0.15) is 13.2 Å². The van der Waals surface area contributed by atoms with Crippen LogP contribution in [0.4, 0.5) is 24.5 Å². The molecular formula is C18H16BrF3N2O3S. The summed E-state index contributed by atoms with van der Waals surface area (Å²) in [6.07, 6.45) is -4.02. The lowest BCUT2D eigenvalue weighted by Gasteiger charge is -2.23. The lowest BCUT2D eigenvalue weighted by atomic mass is 10.1. The Hall–Kier alpha value is -2.07. The van der Waals surface area contributed by atoms with Crippen molar-refractivity contribution in [2.75, 3.05) is 9.62 Å². The van der Waals surface area contributed by atoms with Crippen molar-refractivity contribution in [3.63, 3.8) is 0 Å². The third kappa shape index (κ3) is 3.88. The van der Waals surface area contributed by atoms with Crippen LogP contribution in [0.25, 0.3) is 0 Å². The minimum Gasteiger partial charge on any atom is -0.308 e. The first kappa shape index (κ1) is 20.7. The molecule has 1 amide bonds. The highest BCUT2D eigenvalue weighted by Crippen LogP contribution is 2.40. The van der Waals surface area contributed by atoms with Crippen molar-refractivity contribution in [3.8, 4) is 0 Å². The molecule has 10 heteroatoms. The van der Waals surface area contributed by atoms with Crippen LogP contribution in [-0.4, -0.2) is 20.4 Å². The highest BCUT2D eigenvalue weighted by molar-refractivity contribution is 9.10. The van der Waals surface area contributed by atoms with Gasteiger partial charge in [-0.25, -0.2) is 8.42 Å². The second kappa shape index (κ2) is 7.07. The molecule has 2 aromatic carbocycles. The molecule has 0 saturated heterocycles. The van der Waals surface area contributed by atoms with E-state index in [2.05, 4.69) is 20.7 Å². The van der Waals surface area contributed by atoms with E-state index in [1.807, 2.05) is 6.92 Å². The lowest BCUT2D eigenvalue weighted by Crippen LogP contribution is -2.34. The fourth-order valence-electron chi connectivity index (χ4n) is 3.30. The van der Waals surface area contributed by atoms with E-state index >= 15 is 0 Å². The molecule has 0 fully saturated rings. The first-order valence-electron chi connectivity index (χ1n) is 8.22. The van der Waals surface area contributed by atoms with Gasteiger partial charge in [0.25, 0.3) is 10.0 Å². The summed E-state index contributed by atoms with van der Waals surface area (Å²) in [5, 5.41) is 0. The van der Waals surface area contributed by atoms with Crippen LogP contribution < -0.4 is 9.62 Å². The lowest BCUT2D eigenvalue weighted by molar-refractivity contribution is -0.137. The summed E-state index contributed by atoms with van der Waals surface area (Å²) in [5.74, 6) is -0.292. The summed E-state index contributed by atoms with van der Waals surface area (Å²) < 4.78 is 66.8. The maximum Gasteiger partial charge on any atom is 0.416 e. The van der Waals surface area contributed by atoms with Crippen molar-refractivity contribution in [3.05, 3.63) is 52.0 Å². The Labute approximate surface area is 168 Å². The van der Waals surface area contributed by atoms with Crippen molar-refractivity contribution in [1.82, 2.24) is 0 Å². The molecule has 2 aromatic rings.